The molecule has 5 heteroatoms. The van der Waals surface area contributed by atoms with Gasteiger partial charge >= 0.3 is 0 Å². The summed E-state index contributed by atoms with van der Waals surface area (Å²) in [6.45, 7) is 6.15. The minimum atomic E-state index is 0.0994. The molecule has 0 saturated carbocycles. The molecule has 5 nitrogen and oxygen atoms in total. The molecule has 0 fully saturated rings. The molecule has 160 valence electrons. The summed E-state index contributed by atoms with van der Waals surface area (Å²) in [7, 11) is 2.11. The van der Waals surface area contributed by atoms with Crippen molar-refractivity contribution in [2.75, 3.05) is 35.7 Å². The molecule has 3 rings (SSSR count). The highest BCUT2D eigenvalue weighted by Crippen LogP contribution is 2.30. The molecule has 1 aliphatic heterocycles. The fourth-order valence-corrected chi connectivity index (χ4v) is 3.88. The Morgan fingerprint density at radius 2 is 2.07 bits per heavy atom. The first kappa shape index (κ1) is 21.8. The number of likely N-dealkylation sites (N-methyl/N-ethyl adjacent to an activating group) is 1. The molecule has 0 spiro atoms. The Morgan fingerprint density at radius 3 is 2.83 bits per heavy atom. The van der Waals surface area contributed by atoms with Gasteiger partial charge in [0.25, 0.3) is 0 Å². The Balaban J connectivity index is 1.55. The van der Waals surface area contributed by atoms with Crippen LogP contribution in [0, 0.1) is 5.41 Å². The molecule has 0 bridgehead atoms. The molecule has 0 amide bonds. The van der Waals surface area contributed by atoms with E-state index in [1.54, 1.807) is 0 Å². The van der Waals surface area contributed by atoms with Crippen LogP contribution in [0.5, 0.6) is 0 Å². The van der Waals surface area contributed by atoms with Gasteiger partial charge in [0.2, 0.25) is 0 Å². The number of hydrogen-bond donors (Lipinski definition) is 4. The van der Waals surface area contributed by atoms with Crippen LogP contribution in [0.15, 0.2) is 60.3 Å². The van der Waals surface area contributed by atoms with E-state index >= 15 is 0 Å². The summed E-state index contributed by atoms with van der Waals surface area (Å²) in [5, 5.41) is 18.6. The van der Waals surface area contributed by atoms with Crippen molar-refractivity contribution < 1.29 is 0 Å². The summed E-state index contributed by atoms with van der Waals surface area (Å²) in [5.74, 6) is 0. The van der Waals surface area contributed by atoms with Gasteiger partial charge in [0.15, 0.2) is 0 Å². The number of benzene rings is 2. The molecule has 2 aromatic rings. The van der Waals surface area contributed by atoms with Gasteiger partial charge in [-0.15, -0.1) is 0 Å². The number of fused-ring (bicyclic) bond motifs is 1. The van der Waals surface area contributed by atoms with Crippen molar-refractivity contribution in [1.29, 1.82) is 5.41 Å². The monoisotopic (exact) mass is 405 g/mol. The highest BCUT2D eigenvalue weighted by Gasteiger charge is 2.23. The van der Waals surface area contributed by atoms with Gasteiger partial charge in [-0.05, 0) is 49.1 Å². The zero-order valence-corrected chi connectivity index (χ0v) is 18.4. The van der Waals surface area contributed by atoms with E-state index in [0.29, 0.717) is 6.04 Å². The lowest BCUT2D eigenvalue weighted by molar-refractivity contribution is 0.538. The largest absolute Gasteiger partial charge is 0.388 e. The molecule has 4 N–H and O–H groups in total. The Hall–Kier alpha value is -2.95. The van der Waals surface area contributed by atoms with E-state index in [1.807, 2.05) is 12.3 Å². The van der Waals surface area contributed by atoms with Gasteiger partial charge in [0.1, 0.15) is 0 Å². The van der Waals surface area contributed by atoms with E-state index in [4.69, 9.17) is 5.41 Å². The number of nitrogens with one attached hydrogen (secondary N) is 4. The second-order valence-corrected chi connectivity index (χ2v) is 7.92. The molecule has 0 aromatic heterocycles. The van der Waals surface area contributed by atoms with Crippen LogP contribution in [0.2, 0.25) is 0 Å². The Labute approximate surface area is 181 Å². The number of hydrogen-bond acceptors (Lipinski definition) is 5. The third-order valence-corrected chi connectivity index (χ3v) is 5.81. The third kappa shape index (κ3) is 5.56. The molecule has 2 atom stereocenters. The number of aryl methyl sites for hydroxylation is 1. The molecule has 1 aliphatic rings. The maximum Gasteiger partial charge on any atom is 0.0718 e. The first-order chi connectivity index (χ1) is 14.6. The normalized spacial score (nSPS) is 17.0. The quantitative estimate of drug-likeness (QED) is 0.425. The summed E-state index contributed by atoms with van der Waals surface area (Å²) in [4.78, 5) is 2.25. The molecule has 0 radical (unpaired) electrons. The van der Waals surface area contributed by atoms with Crippen molar-refractivity contribution >= 4 is 23.3 Å². The van der Waals surface area contributed by atoms with Gasteiger partial charge in [0.05, 0.1) is 17.4 Å². The van der Waals surface area contributed by atoms with E-state index in [-0.39, 0.29) is 6.04 Å². The fraction of sp³-hybridized carbons (Fsp3) is 0.400. The Morgan fingerprint density at radius 1 is 1.23 bits per heavy atom. The van der Waals surface area contributed by atoms with Crippen LogP contribution in [-0.4, -0.2) is 38.4 Å². The van der Waals surface area contributed by atoms with Crippen molar-refractivity contribution in [3.63, 3.8) is 0 Å². The number of rotatable bonds is 10. The average molecular weight is 406 g/mol. The highest BCUT2D eigenvalue weighted by molar-refractivity contribution is 5.82. The zero-order chi connectivity index (χ0) is 21.3. The fourth-order valence-electron chi connectivity index (χ4n) is 3.88. The van der Waals surface area contributed by atoms with Crippen molar-refractivity contribution in [1.82, 2.24) is 5.32 Å². The molecule has 2 unspecified atom stereocenters. The molecule has 0 saturated heterocycles. The average Bonchev–Trinajstić information content (AvgIpc) is 2.78. The maximum atomic E-state index is 7.93. The first-order valence-corrected chi connectivity index (χ1v) is 11.0. The topological polar surface area (TPSA) is 63.2 Å². The van der Waals surface area contributed by atoms with E-state index in [0.717, 1.165) is 43.6 Å². The van der Waals surface area contributed by atoms with Crippen LogP contribution in [0.1, 0.15) is 32.3 Å². The van der Waals surface area contributed by atoms with Gasteiger partial charge in [-0.25, -0.2) is 0 Å². The number of nitrogens with zero attached hydrogens (tertiary/aromatic N) is 1. The Bertz CT molecular complexity index is 860. The lowest BCUT2D eigenvalue weighted by atomic mass is 10.0. The van der Waals surface area contributed by atoms with E-state index < -0.39 is 0 Å². The minimum absolute atomic E-state index is 0.0994. The predicted octanol–water partition coefficient (Wildman–Crippen LogP) is 4.88. The van der Waals surface area contributed by atoms with E-state index in [9.17, 15) is 0 Å². The van der Waals surface area contributed by atoms with Gasteiger partial charge < -0.3 is 26.3 Å². The lowest BCUT2D eigenvalue weighted by Crippen LogP contribution is -2.41. The molecule has 0 aliphatic carbocycles. The maximum absolute atomic E-state index is 7.93. The summed E-state index contributed by atoms with van der Waals surface area (Å²) < 4.78 is 0. The van der Waals surface area contributed by atoms with Crippen LogP contribution in [0.4, 0.5) is 17.1 Å². The van der Waals surface area contributed by atoms with E-state index in [1.165, 1.54) is 23.2 Å². The highest BCUT2D eigenvalue weighted by atomic mass is 15.2. The zero-order valence-electron chi connectivity index (χ0n) is 18.4. The van der Waals surface area contributed by atoms with Gasteiger partial charge in [-0.2, -0.15) is 0 Å². The number of para-hydroxylation sites is 2. The third-order valence-electron chi connectivity index (χ3n) is 5.81. The summed E-state index contributed by atoms with van der Waals surface area (Å²) >= 11 is 0. The van der Waals surface area contributed by atoms with Crippen LogP contribution < -0.4 is 20.9 Å². The molecule has 2 aromatic carbocycles. The van der Waals surface area contributed by atoms with Crippen LogP contribution >= 0.6 is 0 Å². The summed E-state index contributed by atoms with van der Waals surface area (Å²) in [5.41, 5.74) is 5.84. The SMILES string of the molecule is CCc1cccc(NCCC(CC)N/C=C(\C=N)C2CN(C)c3ccccc3N2)c1. The van der Waals surface area contributed by atoms with E-state index in [2.05, 4.69) is 84.2 Å². The molecular weight excluding hydrogens is 370 g/mol. The molecule has 1 heterocycles. The van der Waals surface area contributed by atoms with Crippen LogP contribution in [-0.2, 0) is 6.42 Å². The van der Waals surface area contributed by atoms with Gasteiger partial charge in [-0.1, -0.05) is 38.1 Å². The molecule has 30 heavy (non-hydrogen) atoms. The minimum Gasteiger partial charge on any atom is -0.388 e. The summed E-state index contributed by atoms with van der Waals surface area (Å²) in [6, 6.07) is 17.4. The summed E-state index contributed by atoms with van der Waals surface area (Å²) in [6.07, 6.45) is 6.61. The Kier molecular flexibility index (Phi) is 7.77. The van der Waals surface area contributed by atoms with Crippen molar-refractivity contribution in [2.24, 2.45) is 0 Å². The lowest BCUT2D eigenvalue weighted by Gasteiger charge is -2.35. The van der Waals surface area contributed by atoms with Crippen LogP contribution in [0.3, 0.4) is 0 Å². The van der Waals surface area contributed by atoms with Crippen molar-refractivity contribution in [2.45, 2.75) is 45.2 Å². The van der Waals surface area contributed by atoms with Crippen molar-refractivity contribution in [3.05, 3.63) is 65.9 Å². The van der Waals surface area contributed by atoms with Gasteiger partial charge in [-0.3, -0.25) is 0 Å². The molecular formula is C25H35N5. The second kappa shape index (κ2) is 10.7. The smallest absolute Gasteiger partial charge is 0.0718 e. The first-order valence-electron chi connectivity index (χ1n) is 11.0. The van der Waals surface area contributed by atoms with Crippen molar-refractivity contribution in [3.8, 4) is 0 Å². The second-order valence-electron chi connectivity index (χ2n) is 7.92. The van der Waals surface area contributed by atoms with Crippen LogP contribution in [0.25, 0.3) is 0 Å². The standard InChI is InChI=1S/C25H35N5/c1-4-19-9-8-10-22(15-19)27-14-13-21(5-2)28-17-20(16-26)24-18-30(3)25-12-7-6-11-23(25)29-24/h6-12,15-17,21,24,26-29H,4-5,13-14,18H2,1-3H3/b20-17+,26-16?. The predicted molar refractivity (Wildman–Crippen MR) is 130 cm³/mol. The number of anilines is 3. The van der Waals surface area contributed by atoms with Gasteiger partial charge in [0, 0.05) is 49.9 Å².